The highest BCUT2D eigenvalue weighted by Gasteiger charge is 2.18. The molecule has 0 aliphatic heterocycles. The second kappa shape index (κ2) is 7.12. The maximum atomic E-state index is 12.4. The number of hydrogen-bond acceptors (Lipinski definition) is 2. The molecule has 0 spiro atoms. The van der Waals surface area contributed by atoms with E-state index < -0.39 is 6.10 Å². The quantitative estimate of drug-likeness (QED) is 0.888. The molecular weight excluding hydrogens is 274 g/mol. The summed E-state index contributed by atoms with van der Waals surface area (Å²) in [6.07, 6.45) is 0.118. The van der Waals surface area contributed by atoms with Crippen LogP contribution in [-0.2, 0) is 4.79 Å². The molecule has 0 saturated heterocycles. The Morgan fingerprint density at radius 3 is 2.50 bits per heavy atom. The molecule has 0 aliphatic rings. The van der Waals surface area contributed by atoms with Gasteiger partial charge in [0.1, 0.15) is 5.75 Å². The van der Waals surface area contributed by atoms with Gasteiger partial charge in [0, 0.05) is 5.69 Å². The van der Waals surface area contributed by atoms with Gasteiger partial charge in [-0.25, -0.2) is 0 Å². The Hall–Kier alpha value is -2.29. The van der Waals surface area contributed by atoms with Gasteiger partial charge in [-0.3, -0.25) is 4.79 Å². The van der Waals surface area contributed by atoms with Crippen LogP contribution in [0.25, 0.3) is 0 Å². The van der Waals surface area contributed by atoms with Crippen LogP contribution in [-0.4, -0.2) is 12.0 Å². The van der Waals surface area contributed by atoms with Gasteiger partial charge in [0.2, 0.25) is 0 Å². The SMILES string of the molecule is CC[C@@H](Oc1ccc(C)c(C)c1)C(=O)Nc1cccc(C)c1. The van der Waals surface area contributed by atoms with E-state index in [1.165, 1.54) is 5.56 Å². The summed E-state index contributed by atoms with van der Waals surface area (Å²) < 4.78 is 5.85. The van der Waals surface area contributed by atoms with E-state index in [1.54, 1.807) is 0 Å². The molecule has 0 radical (unpaired) electrons. The van der Waals surface area contributed by atoms with Crippen molar-refractivity contribution in [3.8, 4) is 5.75 Å². The molecule has 3 heteroatoms. The van der Waals surface area contributed by atoms with Crippen LogP contribution in [0.4, 0.5) is 5.69 Å². The molecule has 22 heavy (non-hydrogen) atoms. The molecule has 2 aromatic carbocycles. The number of benzene rings is 2. The van der Waals surface area contributed by atoms with Crippen LogP contribution in [0.2, 0.25) is 0 Å². The van der Waals surface area contributed by atoms with E-state index >= 15 is 0 Å². The number of nitrogens with one attached hydrogen (secondary N) is 1. The van der Waals surface area contributed by atoms with Crippen LogP contribution in [0.1, 0.15) is 30.0 Å². The first kappa shape index (κ1) is 16.1. The highest BCUT2D eigenvalue weighted by molar-refractivity contribution is 5.94. The van der Waals surface area contributed by atoms with Crippen molar-refractivity contribution in [3.63, 3.8) is 0 Å². The van der Waals surface area contributed by atoms with Crippen LogP contribution in [0, 0.1) is 20.8 Å². The average Bonchev–Trinajstić information content (AvgIpc) is 2.48. The summed E-state index contributed by atoms with van der Waals surface area (Å²) in [6.45, 7) is 8.04. The minimum atomic E-state index is -0.498. The lowest BCUT2D eigenvalue weighted by Crippen LogP contribution is -2.32. The van der Waals surface area contributed by atoms with E-state index in [0.717, 1.165) is 22.6 Å². The van der Waals surface area contributed by atoms with Crippen LogP contribution in [0.5, 0.6) is 5.75 Å². The van der Waals surface area contributed by atoms with Crippen molar-refractivity contribution in [2.45, 2.75) is 40.2 Å². The number of amides is 1. The monoisotopic (exact) mass is 297 g/mol. The van der Waals surface area contributed by atoms with E-state index in [-0.39, 0.29) is 5.91 Å². The van der Waals surface area contributed by atoms with Gasteiger partial charge >= 0.3 is 0 Å². The number of aryl methyl sites for hydroxylation is 3. The molecule has 0 fully saturated rings. The third kappa shape index (κ3) is 4.10. The fourth-order valence-electron chi connectivity index (χ4n) is 2.22. The molecule has 0 heterocycles. The van der Waals surface area contributed by atoms with Gasteiger partial charge < -0.3 is 10.1 Å². The van der Waals surface area contributed by atoms with E-state index in [2.05, 4.69) is 12.2 Å². The highest BCUT2D eigenvalue weighted by atomic mass is 16.5. The smallest absolute Gasteiger partial charge is 0.265 e. The maximum Gasteiger partial charge on any atom is 0.265 e. The first-order valence-electron chi connectivity index (χ1n) is 7.61. The average molecular weight is 297 g/mol. The molecule has 2 aromatic rings. The lowest BCUT2D eigenvalue weighted by molar-refractivity contribution is -0.122. The van der Waals surface area contributed by atoms with E-state index in [9.17, 15) is 4.79 Å². The zero-order valence-electron chi connectivity index (χ0n) is 13.6. The Morgan fingerprint density at radius 2 is 1.86 bits per heavy atom. The third-order valence-corrected chi connectivity index (χ3v) is 3.71. The summed E-state index contributed by atoms with van der Waals surface area (Å²) in [5.74, 6) is 0.612. The van der Waals surface area contributed by atoms with Crippen molar-refractivity contribution >= 4 is 11.6 Å². The summed E-state index contributed by atoms with van der Waals surface area (Å²) in [7, 11) is 0. The topological polar surface area (TPSA) is 38.3 Å². The lowest BCUT2D eigenvalue weighted by atomic mass is 10.1. The summed E-state index contributed by atoms with van der Waals surface area (Å²) in [6, 6.07) is 13.6. The van der Waals surface area contributed by atoms with Gasteiger partial charge in [0.25, 0.3) is 5.91 Å². The molecule has 0 aromatic heterocycles. The van der Waals surface area contributed by atoms with Gasteiger partial charge in [-0.15, -0.1) is 0 Å². The van der Waals surface area contributed by atoms with Crippen molar-refractivity contribution in [1.82, 2.24) is 0 Å². The molecule has 2 rings (SSSR count). The Balaban J connectivity index is 2.07. The second-order valence-electron chi connectivity index (χ2n) is 5.62. The van der Waals surface area contributed by atoms with Crippen molar-refractivity contribution in [1.29, 1.82) is 0 Å². The van der Waals surface area contributed by atoms with Crippen LogP contribution < -0.4 is 10.1 Å². The normalized spacial score (nSPS) is 11.8. The van der Waals surface area contributed by atoms with Gasteiger partial charge in [-0.1, -0.05) is 25.1 Å². The maximum absolute atomic E-state index is 12.4. The standard InChI is InChI=1S/C19H23NO2/c1-5-18(22-17-10-9-14(3)15(4)12-17)19(21)20-16-8-6-7-13(2)11-16/h6-12,18H,5H2,1-4H3,(H,20,21)/t18-/m1/s1. The van der Waals surface area contributed by atoms with Crippen molar-refractivity contribution in [2.24, 2.45) is 0 Å². The molecule has 1 amide bonds. The van der Waals surface area contributed by atoms with Crippen LogP contribution >= 0.6 is 0 Å². The highest BCUT2D eigenvalue weighted by Crippen LogP contribution is 2.19. The predicted molar refractivity (Wildman–Crippen MR) is 90.4 cm³/mol. The number of ether oxygens (including phenoxy) is 1. The first-order valence-corrected chi connectivity index (χ1v) is 7.61. The van der Waals surface area contributed by atoms with Crippen molar-refractivity contribution in [2.75, 3.05) is 5.32 Å². The first-order chi connectivity index (χ1) is 10.5. The summed E-state index contributed by atoms with van der Waals surface area (Å²) in [5.41, 5.74) is 4.28. The second-order valence-corrected chi connectivity index (χ2v) is 5.62. The van der Waals surface area contributed by atoms with Crippen molar-refractivity contribution in [3.05, 3.63) is 59.2 Å². The van der Waals surface area contributed by atoms with Crippen LogP contribution in [0.3, 0.4) is 0 Å². The Kier molecular flexibility index (Phi) is 5.21. The Bertz CT molecular complexity index is 664. The number of hydrogen-bond donors (Lipinski definition) is 1. The van der Waals surface area contributed by atoms with E-state index in [4.69, 9.17) is 4.74 Å². The molecule has 0 bridgehead atoms. The molecule has 1 N–H and O–H groups in total. The molecule has 0 unspecified atom stereocenters. The largest absolute Gasteiger partial charge is 0.481 e. The number of carbonyl (C=O) groups is 1. The third-order valence-electron chi connectivity index (χ3n) is 3.71. The fourth-order valence-corrected chi connectivity index (χ4v) is 2.22. The predicted octanol–water partition coefficient (Wildman–Crippen LogP) is 4.41. The summed E-state index contributed by atoms with van der Waals surface area (Å²) in [4.78, 5) is 12.4. The Morgan fingerprint density at radius 1 is 1.09 bits per heavy atom. The van der Waals surface area contributed by atoms with Gasteiger partial charge in [0.15, 0.2) is 6.10 Å². The minimum absolute atomic E-state index is 0.119. The summed E-state index contributed by atoms with van der Waals surface area (Å²) in [5, 5.41) is 2.92. The van der Waals surface area contributed by atoms with E-state index in [1.807, 2.05) is 63.2 Å². The van der Waals surface area contributed by atoms with E-state index in [0.29, 0.717) is 6.42 Å². The van der Waals surface area contributed by atoms with Gasteiger partial charge in [0.05, 0.1) is 0 Å². The molecule has 3 nitrogen and oxygen atoms in total. The molecular formula is C19H23NO2. The van der Waals surface area contributed by atoms with Gasteiger partial charge in [-0.05, 0) is 68.1 Å². The number of anilines is 1. The zero-order valence-corrected chi connectivity index (χ0v) is 13.6. The zero-order chi connectivity index (χ0) is 16.1. The fraction of sp³-hybridized carbons (Fsp3) is 0.316. The Labute approximate surface area is 132 Å². The molecule has 1 atom stereocenters. The minimum Gasteiger partial charge on any atom is -0.481 e. The molecule has 0 saturated carbocycles. The molecule has 0 aliphatic carbocycles. The number of rotatable bonds is 5. The van der Waals surface area contributed by atoms with Crippen molar-refractivity contribution < 1.29 is 9.53 Å². The van der Waals surface area contributed by atoms with Crippen LogP contribution in [0.15, 0.2) is 42.5 Å². The molecule has 116 valence electrons. The number of carbonyl (C=O) groups excluding carboxylic acids is 1. The summed E-state index contributed by atoms with van der Waals surface area (Å²) >= 11 is 0. The van der Waals surface area contributed by atoms with Gasteiger partial charge in [-0.2, -0.15) is 0 Å². The lowest BCUT2D eigenvalue weighted by Gasteiger charge is -2.18.